The summed E-state index contributed by atoms with van der Waals surface area (Å²) >= 11 is 0. The maximum atomic E-state index is 12.1. The van der Waals surface area contributed by atoms with Gasteiger partial charge in [0.15, 0.2) is 0 Å². The third-order valence-corrected chi connectivity index (χ3v) is 3.24. The van der Waals surface area contributed by atoms with Crippen LogP contribution in [0.4, 0.5) is 11.4 Å². The summed E-state index contributed by atoms with van der Waals surface area (Å²) in [6, 6.07) is 3.84. The molecule has 0 saturated carbocycles. The summed E-state index contributed by atoms with van der Waals surface area (Å²) in [5.41, 5.74) is 10.1. The highest BCUT2D eigenvalue weighted by atomic mass is 16.2. The number of hydrogen-bond acceptors (Lipinski definition) is 3. The van der Waals surface area contributed by atoms with Gasteiger partial charge < -0.3 is 15.5 Å². The lowest BCUT2D eigenvalue weighted by atomic mass is 10.0. The maximum absolute atomic E-state index is 12.1. The SMILES string of the molecule is Cc1c(N)ccc2c1CCN2C(=O)CN(C)C. The molecule has 17 heavy (non-hydrogen) atoms. The second kappa shape index (κ2) is 4.37. The zero-order valence-corrected chi connectivity index (χ0v) is 10.7. The molecule has 0 unspecified atom stereocenters. The average molecular weight is 233 g/mol. The lowest BCUT2D eigenvalue weighted by molar-refractivity contribution is -0.119. The fraction of sp³-hybridized carbons (Fsp3) is 0.462. The van der Waals surface area contributed by atoms with Crippen molar-refractivity contribution in [3.63, 3.8) is 0 Å². The third kappa shape index (κ3) is 2.13. The number of hydrogen-bond donors (Lipinski definition) is 1. The van der Waals surface area contributed by atoms with E-state index in [-0.39, 0.29) is 5.91 Å². The zero-order valence-electron chi connectivity index (χ0n) is 10.7. The molecule has 92 valence electrons. The third-order valence-electron chi connectivity index (χ3n) is 3.24. The van der Waals surface area contributed by atoms with Gasteiger partial charge in [-0.15, -0.1) is 0 Å². The van der Waals surface area contributed by atoms with Crippen LogP contribution >= 0.6 is 0 Å². The largest absolute Gasteiger partial charge is 0.399 e. The minimum Gasteiger partial charge on any atom is -0.399 e. The minimum absolute atomic E-state index is 0.151. The molecule has 1 aliphatic rings. The van der Waals surface area contributed by atoms with Gasteiger partial charge in [-0.1, -0.05) is 0 Å². The van der Waals surface area contributed by atoms with Gasteiger partial charge in [0.2, 0.25) is 5.91 Å². The van der Waals surface area contributed by atoms with Crippen LogP contribution < -0.4 is 10.6 Å². The Hall–Kier alpha value is -1.55. The van der Waals surface area contributed by atoms with Crippen molar-refractivity contribution in [1.82, 2.24) is 4.90 Å². The number of nitrogens with two attached hydrogens (primary N) is 1. The maximum Gasteiger partial charge on any atom is 0.241 e. The van der Waals surface area contributed by atoms with Gasteiger partial charge in [-0.2, -0.15) is 0 Å². The van der Waals surface area contributed by atoms with Crippen LogP contribution in [0.15, 0.2) is 12.1 Å². The predicted molar refractivity (Wildman–Crippen MR) is 70.2 cm³/mol. The molecule has 2 N–H and O–H groups in total. The molecule has 1 heterocycles. The predicted octanol–water partition coefficient (Wildman–Crippen LogP) is 1.03. The second-order valence-corrected chi connectivity index (χ2v) is 4.81. The van der Waals surface area contributed by atoms with Crippen molar-refractivity contribution in [2.75, 3.05) is 37.8 Å². The number of anilines is 2. The summed E-state index contributed by atoms with van der Waals surface area (Å²) in [4.78, 5) is 15.8. The fourth-order valence-electron chi connectivity index (χ4n) is 2.29. The first-order chi connectivity index (χ1) is 8.00. The summed E-state index contributed by atoms with van der Waals surface area (Å²) in [6.07, 6.45) is 0.908. The second-order valence-electron chi connectivity index (χ2n) is 4.81. The van der Waals surface area contributed by atoms with Gasteiger partial charge in [-0.05, 0) is 50.7 Å². The molecule has 0 saturated heterocycles. The van der Waals surface area contributed by atoms with Crippen LogP contribution in [-0.2, 0) is 11.2 Å². The van der Waals surface area contributed by atoms with Crippen LogP contribution in [0.2, 0.25) is 0 Å². The van der Waals surface area contributed by atoms with Gasteiger partial charge in [-0.25, -0.2) is 0 Å². The number of benzene rings is 1. The Morgan fingerprint density at radius 2 is 2.18 bits per heavy atom. The zero-order chi connectivity index (χ0) is 12.6. The molecular weight excluding hydrogens is 214 g/mol. The molecule has 1 aliphatic heterocycles. The number of likely N-dealkylation sites (N-methyl/N-ethyl adjacent to an activating group) is 1. The molecule has 1 amide bonds. The molecule has 0 atom stereocenters. The monoisotopic (exact) mass is 233 g/mol. The molecule has 4 heteroatoms. The van der Waals surface area contributed by atoms with Crippen molar-refractivity contribution >= 4 is 17.3 Å². The molecular formula is C13H19N3O. The summed E-state index contributed by atoms with van der Waals surface area (Å²) in [5.74, 6) is 0.151. The summed E-state index contributed by atoms with van der Waals surface area (Å²) in [6.45, 7) is 3.24. The van der Waals surface area contributed by atoms with Crippen LogP contribution in [0.25, 0.3) is 0 Å². The smallest absolute Gasteiger partial charge is 0.241 e. The van der Waals surface area contributed by atoms with E-state index in [1.807, 2.05) is 43.0 Å². The average Bonchev–Trinajstić information content (AvgIpc) is 2.67. The van der Waals surface area contributed by atoms with Crippen LogP contribution in [0.1, 0.15) is 11.1 Å². The standard InChI is InChI=1S/C13H19N3O/c1-9-10-6-7-16(13(17)8-15(2)3)12(10)5-4-11(9)14/h4-5H,6-8,14H2,1-3H3. The highest BCUT2D eigenvalue weighted by molar-refractivity contribution is 5.97. The van der Waals surface area contributed by atoms with E-state index >= 15 is 0 Å². The summed E-state index contributed by atoms with van der Waals surface area (Å²) < 4.78 is 0. The quantitative estimate of drug-likeness (QED) is 0.776. The van der Waals surface area contributed by atoms with E-state index in [0.29, 0.717) is 6.54 Å². The van der Waals surface area contributed by atoms with E-state index in [9.17, 15) is 4.79 Å². The van der Waals surface area contributed by atoms with Gasteiger partial charge in [0.1, 0.15) is 0 Å². The van der Waals surface area contributed by atoms with E-state index in [0.717, 1.165) is 29.9 Å². The van der Waals surface area contributed by atoms with Gasteiger partial charge in [0, 0.05) is 17.9 Å². The first-order valence-corrected chi connectivity index (χ1v) is 5.83. The number of nitrogen functional groups attached to an aromatic ring is 1. The molecule has 0 fully saturated rings. The summed E-state index contributed by atoms with van der Waals surface area (Å²) in [7, 11) is 3.81. The Bertz CT molecular complexity index is 454. The van der Waals surface area contributed by atoms with E-state index < -0.39 is 0 Å². The van der Waals surface area contributed by atoms with E-state index in [2.05, 4.69) is 0 Å². The Kier molecular flexibility index (Phi) is 3.07. The lowest BCUT2D eigenvalue weighted by Crippen LogP contribution is -2.36. The number of amides is 1. The Labute approximate surface area is 102 Å². The van der Waals surface area contributed by atoms with Gasteiger partial charge in [-0.3, -0.25) is 4.79 Å². The molecule has 0 aromatic heterocycles. The Morgan fingerprint density at radius 1 is 1.47 bits per heavy atom. The number of rotatable bonds is 2. The molecule has 0 aliphatic carbocycles. The number of nitrogens with zero attached hydrogens (tertiary/aromatic N) is 2. The minimum atomic E-state index is 0.151. The van der Waals surface area contributed by atoms with Crippen molar-refractivity contribution in [2.45, 2.75) is 13.3 Å². The topological polar surface area (TPSA) is 49.6 Å². The molecule has 0 bridgehead atoms. The summed E-state index contributed by atoms with van der Waals surface area (Å²) in [5, 5.41) is 0. The van der Waals surface area contributed by atoms with Crippen molar-refractivity contribution < 1.29 is 4.79 Å². The highest BCUT2D eigenvalue weighted by Crippen LogP contribution is 2.33. The van der Waals surface area contributed by atoms with Crippen LogP contribution in [0, 0.1) is 6.92 Å². The molecule has 0 spiro atoms. The molecule has 2 rings (SSSR count). The van der Waals surface area contributed by atoms with E-state index in [1.54, 1.807) is 0 Å². The lowest BCUT2D eigenvalue weighted by Gasteiger charge is -2.20. The first kappa shape index (κ1) is 11.9. The van der Waals surface area contributed by atoms with Crippen molar-refractivity contribution in [2.24, 2.45) is 0 Å². The van der Waals surface area contributed by atoms with E-state index in [4.69, 9.17) is 5.73 Å². The van der Waals surface area contributed by atoms with Crippen LogP contribution in [0.3, 0.4) is 0 Å². The first-order valence-electron chi connectivity index (χ1n) is 5.83. The Morgan fingerprint density at radius 3 is 2.82 bits per heavy atom. The normalized spacial score (nSPS) is 14.2. The molecule has 4 nitrogen and oxygen atoms in total. The van der Waals surface area contributed by atoms with E-state index in [1.165, 1.54) is 5.56 Å². The fourth-order valence-corrected chi connectivity index (χ4v) is 2.29. The van der Waals surface area contributed by atoms with Crippen molar-refractivity contribution in [3.8, 4) is 0 Å². The number of carbonyl (C=O) groups excluding carboxylic acids is 1. The van der Waals surface area contributed by atoms with Gasteiger partial charge in [0.25, 0.3) is 0 Å². The van der Waals surface area contributed by atoms with Crippen molar-refractivity contribution in [3.05, 3.63) is 23.3 Å². The number of fused-ring (bicyclic) bond motifs is 1. The van der Waals surface area contributed by atoms with Gasteiger partial charge >= 0.3 is 0 Å². The molecule has 1 aromatic rings. The highest BCUT2D eigenvalue weighted by Gasteiger charge is 2.26. The Balaban J connectivity index is 2.29. The van der Waals surface area contributed by atoms with Crippen molar-refractivity contribution in [1.29, 1.82) is 0 Å². The van der Waals surface area contributed by atoms with Gasteiger partial charge in [0.05, 0.1) is 6.54 Å². The molecule has 1 aromatic carbocycles. The molecule has 0 radical (unpaired) electrons. The number of carbonyl (C=O) groups is 1. The van der Waals surface area contributed by atoms with Crippen LogP contribution in [0.5, 0.6) is 0 Å². The van der Waals surface area contributed by atoms with Crippen LogP contribution in [-0.4, -0.2) is 38.0 Å².